The van der Waals surface area contributed by atoms with E-state index in [1.165, 1.54) is 0 Å². The molecule has 0 atom stereocenters. The van der Waals surface area contributed by atoms with Gasteiger partial charge in [0.15, 0.2) is 0 Å². The van der Waals surface area contributed by atoms with Crippen LogP contribution in [0.15, 0.2) is 48.8 Å². The molecule has 2 aromatic heterocycles. The van der Waals surface area contributed by atoms with E-state index in [0.29, 0.717) is 11.8 Å². The summed E-state index contributed by atoms with van der Waals surface area (Å²) in [6.45, 7) is 6.51. The van der Waals surface area contributed by atoms with E-state index in [0.717, 1.165) is 28.0 Å². The van der Waals surface area contributed by atoms with Crippen LogP contribution < -0.4 is 10.1 Å². The van der Waals surface area contributed by atoms with Crippen molar-refractivity contribution in [1.29, 1.82) is 0 Å². The lowest BCUT2D eigenvalue weighted by molar-refractivity contribution is 0.229. The van der Waals surface area contributed by atoms with Crippen LogP contribution in [0, 0.1) is 17.3 Å². The van der Waals surface area contributed by atoms with Gasteiger partial charge in [-0.25, -0.2) is 9.97 Å². The molecule has 132 valence electrons. The average molecular weight is 366 g/mol. The molecule has 0 radical (unpaired) electrons. The normalized spacial score (nSPS) is 10.9. The highest BCUT2D eigenvalue weighted by atomic mass is 35.5. The summed E-state index contributed by atoms with van der Waals surface area (Å²) in [6.07, 6.45) is 3.45. The number of anilines is 2. The van der Waals surface area contributed by atoms with Gasteiger partial charge in [0.25, 0.3) is 0 Å². The molecule has 1 aromatic carbocycles. The molecule has 0 saturated carbocycles. The second kappa shape index (κ2) is 7.63. The molecule has 0 spiro atoms. The second-order valence-electron chi connectivity index (χ2n) is 6.58. The first kappa shape index (κ1) is 18.0. The minimum atomic E-state index is -0.184. The molecule has 0 aliphatic heterocycles. The number of ether oxygens (including phenoxy) is 1. The smallest absolute Gasteiger partial charge is 0.138 e. The lowest BCUT2D eigenvalue weighted by Gasteiger charge is -2.18. The van der Waals surface area contributed by atoms with Crippen LogP contribution in [-0.4, -0.2) is 16.6 Å². The van der Waals surface area contributed by atoms with Crippen molar-refractivity contribution < 1.29 is 4.74 Å². The Morgan fingerprint density at radius 2 is 2.00 bits per heavy atom. The highest BCUT2D eigenvalue weighted by Gasteiger charge is 2.15. The Kier molecular flexibility index (Phi) is 5.29. The zero-order chi connectivity index (χ0) is 18.6. The van der Waals surface area contributed by atoms with Gasteiger partial charge in [-0.05, 0) is 62.6 Å². The van der Waals surface area contributed by atoms with Crippen molar-refractivity contribution in [3.63, 3.8) is 0 Å². The molecule has 5 heteroatoms. The van der Waals surface area contributed by atoms with Crippen molar-refractivity contribution in [3.05, 3.63) is 53.9 Å². The van der Waals surface area contributed by atoms with Crippen LogP contribution in [0.25, 0.3) is 10.8 Å². The molecule has 0 unspecified atom stereocenters. The maximum absolute atomic E-state index is 5.93. The van der Waals surface area contributed by atoms with Gasteiger partial charge in [-0.3, -0.25) is 0 Å². The van der Waals surface area contributed by atoms with Gasteiger partial charge in [-0.2, -0.15) is 0 Å². The maximum atomic E-state index is 5.93. The van der Waals surface area contributed by atoms with E-state index in [4.69, 9.17) is 16.3 Å². The molecule has 0 fully saturated rings. The van der Waals surface area contributed by atoms with Gasteiger partial charge in [0.05, 0.1) is 17.3 Å². The van der Waals surface area contributed by atoms with E-state index in [9.17, 15) is 0 Å². The fourth-order valence-electron chi connectivity index (χ4n) is 2.57. The molecule has 0 saturated heterocycles. The van der Waals surface area contributed by atoms with E-state index in [2.05, 4.69) is 41.0 Å². The summed E-state index contributed by atoms with van der Waals surface area (Å²) in [6, 6.07) is 11.5. The largest absolute Gasteiger partial charge is 0.492 e. The first-order chi connectivity index (χ1) is 12.5. The molecular formula is C21H20ClN3O. The van der Waals surface area contributed by atoms with Gasteiger partial charge in [0.1, 0.15) is 23.3 Å². The Morgan fingerprint density at radius 1 is 1.15 bits per heavy atom. The van der Waals surface area contributed by atoms with Crippen LogP contribution in [0.1, 0.15) is 20.8 Å². The molecule has 26 heavy (non-hydrogen) atoms. The molecule has 3 rings (SSSR count). The summed E-state index contributed by atoms with van der Waals surface area (Å²) in [5.74, 6) is 7.68. The van der Waals surface area contributed by atoms with E-state index in [-0.39, 0.29) is 5.41 Å². The van der Waals surface area contributed by atoms with E-state index in [1.54, 1.807) is 18.5 Å². The summed E-state index contributed by atoms with van der Waals surface area (Å²) in [4.78, 5) is 8.51. The lowest BCUT2D eigenvalue weighted by atomic mass is 9.96. The van der Waals surface area contributed by atoms with Crippen LogP contribution in [0.2, 0.25) is 5.15 Å². The van der Waals surface area contributed by atoms with Gasteiger partial charge in [0.2, 0.25) is 0 Å². The van der Waals surface area contributed by atoms with Crippen molar-refractivity contribution in [2.24, 2.45) is 5.41 Å². The number of hydrogen-bond acceptors (Lipinski definition) is 4. The maximum Gasteiger partial charge on any atom is 0.138 e. The van der Waals surface area contributed by atoms with Crippen molar-refractivity contribution in [2.45, 2.75) is 20.8 Å². The molecule has 3 aromatic rings. The first-order valence-electron chi connectivity index (χ1n) is 8.31. The first-order valence-corrected chi connectivity index (χ1v) is 8.69. The SMILES string of the molecule is CC#CC(C)(C)COc1ccc2c(Nc3ccc(Cl)nc3)nccc2c1. The van der Waals surface area contributed by atoms with Crippen molar-refractivity contribution in [1.82, 2.24) is 9.97 Å². The van der Waals surface area contributed by atoms with E-state index >= 15 is 0 Å². The summed E-state index contributed by atoms with van der Waals surface area (Å²) in [7, 11) is 0. The Morgan fingerprint density at radius 3 is 2.73 bits per heavy atom. The van der Waals surface area contributed by atoms with E-state index < -0.39 is 0 Å². The second-order valence-corrected chi connectivity index (χ2v) is 6.97. The minimum Gasteiger partial charge on any atom is -0.492 e. The Hall–Kier alpha value is -2.77. The van der Waals surface area contributed by atoms with Gasteiger partial charge in [-0.1, -0.05) is 17.5 Å². The van der Waals surface area contributed by atoms with E-state index in [1.807, 2.05) is 37.3 Å². The molecule has 2 heterocycles. The minimum absolute atomic E-state index is 0.184. The summed E-state index contributed by atoms with van der Waals surface area (Å²) in [5, 5.41) is 5.78. The van der Waals surface area contributed by atoms with Crippen molar-refractivity contribution in [2.75, 3.05) is 11.9 Å². The number of hydrogen-bond donors (Lipinski definition) is 1. The fraction of sp³-hybridized carbons (Fsp3) is 0.238. The number of benzene rings is 1. The zero-order valence-electron chi connectivity index (χ0n) is 15.0. The number of halogens is 1. The third-order valence-corrected chi connectivity index (χ3v) is 4.01. The van der Waals surface area contributed by atoms with Crippen LogP contribution in [0.3, 0.4) is 0 Å². The molecule has 1 N–H and O–H groups in total. The predicted molar refractivity (Wildman–Crippen MR) is 107 cm³/mol. The van der Waals surface area contributed by atoms with Gasteiger partial charge < -0.3 is 10.1 Å². The number of fused-ring (bicyclic) bond motifs is 1. The molecule has 0 aliphatic rings. The zero-order valence-corrected chi connectivity index (χ0v) is 15.8. The van der Waals surface area contributed by atoms with Gasteiger partial charge >= 0.3 is 0 Å². The standard InChI is InChI=1S/C21H20ClN3O/c1-4-10-21(2,3)14-26-17-6-7-18-15(12-17)9-11-23-20(18)25-16-5-8-19(22)24-13-16/h5-9,11-13H,14H2,1-3H3,(H,23,25). The van der Waals surface area contributed by atoms with Crippen LogP contribution in [0.5, 0.6) is 5.75 Å². The summed E-state index contributed by atoms with van der Waals surface area (Å²) < 4.78 is 5.93. The number of aromatic nitrogens is 2. The number of nitrogens with one attached hydrogen (secondary N) is 1. The number of rotatable bonds is 5. The Balaban J connectivity index is 1.82. The predicted octanol–water partition coefficient (Wildman–Crippen LogP) is 5.46. The summed E-state index contributed by atoms with van der Waals surface area (Å²) >= 11 is 5.83. The number of pyridine rings is 2. The molecular weight excluding hydrogens is 346 g/mol. The molecule has 0 bridgehead atoms. The third kappa shape index (κ3) is 4.44. The Labute approximate surface area is 158 Å². The van der Waals surface area contributed by atoms with Gasteiger partial charge in [0, 0.05) is 11.6 Å². The lowest BCUT2D eigenvalue weighted by Crippen LogP contribution is -2.19. The fourth-order valence-corrected chi connectivity index (χ4v) is 2.68. The van der Waals surface area contributed by atoms with Gasteiger partial charge in [-0.15, -0.1) is 5.92 Å². The topological polar surface area (TPSA) is 47.0 Å². The molecule has 4 nitrogen and oxygen atoms in total. The monoisotopic (exact) mass is 365 g/mol. The van der Waals surface area contributed by atoms with Crippen LogP contribution in [0.4, 0.5) is 11.5 Å². The molecule has 0 amide bonds. The molecule has 0 aliphatic carbocycles. The van der Waals surface area contributed by atoms with Crippen LogP contribution >= 0.6 is 11.6 Å². The average Bonchev–Trinajstić information content (AvgIpc) is 2.62. The third-order valence-electron chi connectivity index (χ3n) is 3.79. The Bertz CT molecular complexity index is 972. The quantitative estimate of drug-likeness (QED) is 0.482. The van der Waals surface area contributed by atoms with Crippen molar-refractivity contribution in [3.8, 4) is 17.6 Å². The highest BCUT2D eigenvalue weighted by molar-refractivity contribution is 6.29. The van der Waals surface area contributed by atoms with Crippen LogP contribution in [-0.2, 0) is 0 Å². The highest BCUT2D eigenvalue weighted by Crippen LogP contribution is 2.28. The van der Waals surface area contributed by atoms with Crippen molar-refractivity contribution >= 4 is 33.9 Å². The number of nitrogens with zero attached hydrogens (tertiary/aromatic N) is 2. The summed E-state index contributed by atoms with van der Waals surface area (Å²) in [5.41, 5.74) is 0.644.